The van der Waals surface area contributed by atoms with E-state index in [1.54, 1.807) is 6.20 Å². The van der Waals surface area contributed by atoms with E-state index >= 15 is 0 Å². The number of benzene rings is 1. The number of hydrogen-bond acceptors (Lipinski definition) is 3. The average Bonchev–Trinajstić information content (AvgIpc) is 2.77. The van der Waals surface area contributed by atoms with Crippen LogP contribution in [0.15, 0.2) is 28.9 Å². The number of nitrogens with two attached hydrogens (primary N) is 1. The Kier molecular flexibility index (Phi) is 3.91. The molecule has 1 aromatic heterocycles. The lowest BCUT2D eigenvalue weighted by Gasteiger charge is -2.10. The van der Waals surface area contributed by atoms with Crippen LogP contribution in [-0.2, 0) is 12.6 Å². The van der Waals surface area contributed by atoms with Crippen LogP contribution >= 0.6 is 15.9 Å². The number of rotatable bonds is 3. The van der Waals surface area contributed by atoms with Crippen LogP contribution in [0.2, 0.25) is 0 Å². The molecule has 0 spiro atoms. The highest BCUT2D eigenvalue weighted by Crippen LogP contribution is 2.33. The molecule has 4 nitrogen and oxygen atoms in total. The van der Waals surface area contributed by atoms with Crippen molar-refractivity contribution in [2.75, 3.05) is 6.54 Å². The summed E-state index contributed by atoms with van der Waals surface area (Å²) in [4.78, 5) is 0. The van der Waals surface area contributed by atoms with E-state index in [4.69, 9.17) is 5.73 Å². The van der Waals surface area contributed by atoms with Crippen molar-refractivity contribution in [2.24, 2.45) is 5.73 Å². The van der Waals surface area contributed by atoms with E-state index < -0.39 is 11.7 Å². The summed E-state index contributed by atoms with van der Waals surface area (Å²) in [7, 11) is 0. The molecular weight excluding hydrogens is 325 g/mol. The highest BCUT2D eigenvalue weighted by Gasteiger charge is 2.31. The number of aromatic nitrogens is 3. The Balaban J connectivity index is 2.42. The zero-order chi connectivity index (χ0) is 14.0. The summed E-state index contributed by atoms with van der Waals surface area (Å²) in [5, 5.41) is 7.65. The molecule has 0 bridgehead atoms. The SMILES string of the molecule is NCCc1cn(-c2cc(C(F)(F)F)ccc2Br)nn1. The lowest BCUT2D eigenvalue weighted by molar-refractivity contribution is -0.137. The predicted molar refractivity (Wildman–Crippen MR) is 66.8 cm³/mol. The van der Waals surface area contributed by atoms with Gasteiger partial charge in [-0.25, -0.2) is 4.68 Å². The monoisotopic (exact) mass is 334 g/mol. The minimum absolute atomic E-state index is 0.283. The van der Waals surface area contributed by atoms with Gasteiger partial charge in [0.1, 0.15) is 0 Å². The molecule has 0 atom stereocenters. The quantitative estimate of drug-likeness (QED) is 0.938. The van der Waals surface area contributed by atoms with Gasteiger partial charge in [-0.05, 0) is 40.7 Å². The maximum Gasteiger partial charge on any atom is 0.416 e. The van der Waals surface area contributed by atoms with Gasteiger partial charge in [-0.1, -0.05) is 5.21 Å². The molecule has 0 saturated heterocycles. The molecule has 0 unspecified atom stereocenters. The number of alkyl halides is 3. The number of nitrogens with zero attached hydrogens (tertiary/aromatic N) is 3. The molecule has 19 heavy (non-hydrogen) atoms. The Labute approximate surface area is 115 Å². The first-order valence-electron chi connectivity index (χ1n) is 5.40. The van der Waals surface area contributed by atoms with Crippen molar-refractivity contribution < 1.29 is 13.2 Å². The molecule has 0 amide bonds. The van der Waals surface area contributed by atoms with Gasteiger partial charge in [-0.3, -0.25) is 0 Å². The second kappa shape index (κ2) is 5.30. The molecule has 102 valence electrons. The van der Waals surface area contributed by atoms with E-state index in [0.717, 1.165) is 12.1 Å². The van der Waals surface area contributed by atoms with Gasteiger partial charge in [-0.15, -0.1) is 5.10 Å². The molecule has 8 heteroatoms. The van der Waals surface area contributed by atoms with Crippen LogP contribution in [0.1, 0.15) is 11.3 Å². The third kappa shape index (κ3) is 3.13. The van der Waals surface area contributed by atoms with Gasteiger partial charge >= 0.3 is 6.18 Å². The van der Waals surface area contributed by atoms with Crippen LogP contribution in [-0.4, -0.2) is 21.5 Å². The lowest BCUT2D eigenvalue weighted by Crippen LogP contribution is -2.07. The first-order valence-corrected chi connectivity index (χ1v) is 6.19. The molecule has 0 radical (unpaired) electrons. The Morgan fingerprint density at radius 2 is 2.05 bits per heavy atom. The lowest BCUT2D eigenvalue weighted by atomic mass is 10.2. The van der Waals surface area contributed by atoms with Gasteiger partial charge in [0.05, 0.1) is 23.1 Å². The maximum atomic E-state index is 12.7. The molecule has 1 aromatic carbocycles. The Morgan fingerprint density at radius 3 is 2.68 bits per heavy atom. The summed E-state index contributed by atoms with van der Waals surface area (Å²) >= 11 is 3.20. The van der Waals surface area contributed by atoms with Crippen molar-refractivity contribution >= 4 is 15.9 Å². The number of hydrogen-bond donors (Lipinski definition) is 1. The summed E-state index contributed by atoms with van der Waals surface area (Å²) in [5.74, 6) is 0. The molecule has 0 aliphatic heterocycles. The van der Waals surface area contributed by atoms with Gasteiger partial charge < -0.3 is 5.73 Å². The topological polar surface area (TPSA) is 56.7 Å². The van der Waals surface area contributed by atoms with Crippen molar-refractivity contribution in [1.29, 1.82) is 0 Å². The maximum absolute atomic E-state index is 12.7. The minimum atomic E-state index is -4.39. The van der Waals surface area contributed by atoms with Crippen molar-refractivity contribution in [1.82, 2.24) is 15.0 Å². The van der Waals surface area contributed by atoms with Crippen molar-refractivity contribution in [3.63, 3.8) is 0 Å². The van der Waals surface area contributed by atoms with E-state index in [2.05, 4.69) is 26.2 Å². The third-order valence-electron chi connectivity index (χ3n) is 2.46. The molecule has 0 aliphatic rings. The van der Waals surface area contributed by atoms with Crippen LogP contribution in [0.3, 0.4) is 0 Å². The fraction of sp³-hybridized carbons (Fsp3) is 0.273. The van der Waals surface area contributed by atoms with E-state index in [1.165, 1.54) is 10.7 Å². The molecular formula is C11H10BrF3N4. The highest BCUT2D eigenvalue weighted by atomic mass is 79.9. The fourth-order valence-corrected chi connectivity index (χ4v) is 1.97. The molecule has 0 saturated carbocycles. The Bertz CT molecular complexity index is 580. The Hall–Kier alpha value is -1.41. The largest absolute Gasteiger partial charge is 0.416 e. The molecule has 2 N–H and O–H groups in total. The van der Waals surface area contributed by atoms with E-state index in [-0.39, 0.29) is 5.69 Å². The van der Waals surface area contributed by atoms with E-state index in [9.17, 15) is 13.2 Å². The zero-order valence-electron chi connectivity index (χ0n) is 9.65. The first kappa shape index (κ1) is 14.0. The molecule has 2 aromatic rings. The van der Waals surface area contributed by atoms with Gasteiger partial charge in [-0.2, -0.15) is 13.2 Å². The van der Waals surface area contributed by atoms with Gasteiger partial charge in [0.2, 0.25) is 0 Å². The highest BCUT2D eigenvalue weighted by molar-refractivity contribution is 9.10. The smallest absolute Gasteiger partial charge is 0.330 e. The standard InChI is InChI=1S/C11H10BrF3N4/c12-9-2-1-7(11(13,14)15)5-10(9)19-6-8(3-4-16)17-18-19/h1-2,5-6H,3-4,16H2. The third-order valence-corrected chi connectivity index (χ3v) is 3.13. The van der Waals surface area contributed by atoms with Crippen molar-refractivity contribution in [3.8, 4) is 5.69 Å². The molecule has 0 fully saturated rings. The summed E-state index contributed by atoms with van der Waals surface area (Å²) in [5.41, 5.74) is 5.56. The summed E-state index contributed by atoms with van der Waals surface area (Å²) in [6, 6.07) is 3.36. The molecule has 0 aliphatic carbocycles. The fourth-order valence-electron chi connectivity index (χ4n) is 1.54. The van der Waals surface area contributed by atoms with Gasteiger partial charge in [0.25, 0.3) is 0 Å². The second-order valence-corrected chi connectivity index (χ2v) is 4.71. The summed E-state index contributed by atoms with van der Waals surface area (Å²) in [6.45, 7) is 0.405. The zero-order valence-corrected chi connectivity index (χ0v) is 11.2. The van der Waals surface area contributed by atoms with Crippen LogP contribution in [0.5, 0.6) is 0 Å². The molecule has 2 rings (SSSR count). The second-order valence-electron chi connectivity index (χ2n) is 3.86. The van der Waals surface area contributed by atoms with Gasteiger partial charge in [0, 0.05) is 10.9 Å². The minimum Gasteiger partial charge on any atom is -0.330 e. The van der Waals surface area contributed by atoms with Crippen molar-refractivity contribution in [2.45, 2.75) is 12.6 Å². The van der Waals surface area contributed by atoms with Crippen LogP contribution in [0.4, 0.5) is 13.2 Å². The average molecular weight is 335 g/mol. The summed E-state index contributed by atoms with van der Waals surface area (Å²) < 4.78 is 39.8. The first-order chi connectivity index (χ1) is 8.91. The summed E-state index contributed by atoms with van der Waals surface area (Å²) in [6.07, 6.45) is -2.31. The van der Waals surface area contributed by atoms with Crippen LogP contribution < -0.4 is 5.73 Å². The number of halogens is 4. The molecule has 1 heterocycles. The van der Waals surface area contributed by atoms with E-state index in [0.29, 0.717) is 23.1 Å². The van der Waals surface area contributed by atoms with Crippen molar-refractivity contribution in [3.05, 3.63) is 40.1 Å². The normalized spacial score (nSPS) is 11.8. The van der Waals surface area contributed by atoms with Crippen LogP contribution in [0, 0.1) is 0 Å². The van der Waals surface area contributed by atoms with Crippen LogP contribution in [0.25, 0.3) is 5.69 Å². The van der Waals surface area contributed by atoms with Gasteiger partial charge in [0.15, 0.2) is 0 Å². The predicted octanol–water partition coefficient (Wildman–Crippen LogP) is 2.55. The van der Waals surface area contributed by atoms with E-state index in [1.807, 2.05) is 0 Å². The Morgan fingerprint density at radius 1 is 1.32 bits per heavy atom.